The third-order valence-electron chi connectivity index (χ3n) is 3.76. The van der Waals surface area contributed by atoms with Crippen LogP contribution in [0.1, 0.15) is 12.1 Å². The first-order valence-corrected chi connectivity index (χ1v) is 6.68. The van der Waals surface area contributed by atoms with E-state index in [9.17, 15) is 0 Å². The highest BCUT2D eigenvalue weighted by Crippen LogP contribution is 2.28. The van der Waals surface area contributed by atoms with Crippen molar-refractivity contribution in [3.05, 3.63) is 36.0 Å². The fourth-order valence-electron chi connectivity index (χ4n) is 2.69. The van der Waals surface area contributed by atoms with E-state index in [1.807, 2.05) is 6.07 Å². The van der Waals surface area contributed by atoms with Crippen LogP contribution in [-0.2, 0) is 11.3 Å². The summed E-state index contributed by atoms with van der Waals surface area (Å²) in [6, 6.07) is 10.4. The molecule has 3 rings (SSSR count). The highest BCUT2D eigenvalue weighted by atomic mass is 16.5. The van der Waals surface area contributed by atoms with Gasteiger partial charge in [0.15, 0.2) is 0 Å². The third kappa shape index (κ3) is 2.29. The molecule has 0 saturated carbocycles. The molecule has 0 aliphatic carbocycles. The minimum atomic E-state index is 0.307. The monoisotopic (exact) mass is 257 g/mol. The number of nitrogens with two attached hydrogens (primary N) is 1. The molecule has 1 aromatic carbocycles. The molecule has 0 amide bonds. The lowest BCUT2D eigenvalue weighted by molar-refractivity contribution is 0.121. The Labute approximate surface area is 113 Å². The average Bonchev–Trinajstić information content (AvgIpc) is 2.94. The maximum atomic E-state index is 5.76. The summed E-state index contributed by atoms with van der Waals surface area (Å²) in [7, 11) is 1.77. The largest absolute Gasteiger partial charge is 0.380 e. The first-order valence-electron chi connectivity index (χ1n) is 6.68. The Morgan fingerprint density at radius 1 is 1.42 bits per heavy atom. The number of rotatable bonds is 3. The van der Waals surface area contributed by atoms with Crippen molar-refractivity contribution in [1.29, 1.82) is 0 Å². The van der Waals surface area contributed by atoms with Gasteiger partial charge in [0.05, 0.1) is 11.8 Å². The second-order valence-electron chi connectivity index (χ2n) is 4.95. The summed E-state index contributed by atoms with van der Waals surface area (Å²) in [6.07, 6.45) is 1.36. The lowest BCUT2D eigenvalue weighted by Gasteiger charge is -2.20. The number of hydrogen-bond donors (Lipinski definition) is 1. The molecule has 0 radical (unpaired) electrons. The van der Waals surface area contributed by atoms with Crippen molar-refractivity contribution in [3.63, 3.8) is 0 Å². The van der Waals surface area contributed by atoms with E-state index in [1.165, 1.54) is 10.8 Å². The summed E-state index contributed by atoms with van der Waals surface area (Å²) in [5, 5.41) is 2.39. The Hall–Kier alpha value is -1.65. The number of hydrogen-bond acceptors (Lipinski definition) is 4. The lowest BCUT2D eigenvalue weighted by Crippen LogP contribution is -2.24. The second-order valence-corrected chi connectivity index (χ2v) is 4.95. The zero-order chi connectivity index (χ0) is 13.2. The van der Waals surface area contributed by atoms with Gasteiger partial charge in [-0.3, -0.25) is 0 Å². The maximum absolute atomic E-state index is 5.76. The van der Waals surface area contributed by atoms with E-state index in [1.54, 1.807) is 7.11 Å². The van der Waals surface area contributed by atoms with Gasteiger partial charge in [0.25, 0.3) is 0 Å². The van der Waals surface area contributed by atoms with Crippen LogP contribution in [0.15, 0.2) is 30.3 Å². The molecule has 1 fully saturated rings. The summed E-state index contributed by atoms with van der Waals surface area (Å²) in [6.45, 7) is 2.37. The van der Waals surface area contributed by atoms with Crippen LogP contribution in [0.5, 0.6) is 0 Å². The standard InChI is InChI=1S/C15H19N3O/c1-19-13-6-7-18(10-13)15-14-5-3-2-4-11(14)8-12(9-16)17-15/h2-5,8,13H,6-7,9-10,16H2,1H3. The molecule has 1 aliphatic rings. The first kappa shape index (κ1) is 12.4. The fraction of sp³-hybridized carbons (Fsp3) is 0.400. The van der Waals surface area contributed by atoms with E-state index >= 15 is 0 Å². The van der Waals surface area contributed by atoms with Crippen molar-refractivity contribution in [3.8, 4) is 0 Å². The molecule has 100 valence electrons. The van der Waals surface area contributed by atoms with Crippen molar-refractivity contribution < 1.29 is 4.74 Å². The third-order valence-corrected chi connectivity index (χ3v) is 3.76. The van der Waals surface area contributed by atoms with E-state index in [0.717, 1.165) is 31.0 Å². The second kappa shape index (κ2) is 5.15. The van der Waals surface area contributed by atoms with Crippen LogP contribution in [0.3, 0.4) is 0 Å². The zero-order valence-electron chi connectivity index (χ0n) is 11.2. The molecule has 19 heavy (non-hydrogen) atoms. The number of fused-ring (bicyclic) bond motifs is 1. The number of nitrogens with zero attached hydrogens (tertiary/aromatic N) is 2. The van der Waals surface area contributed by atoms with E-state index in [-0.39, 0.29) is 0 Å². The van der Waals surface area contributed by atoms with Crippen molar-refractivity contribution in [2.75, 3.05) is 25.1 Å². The molecule has 1 saturated heterocycles. The number of anilines is 1. The van der Waals surface area contributed by atoms with Crippen molar-refractivity contribution in [2.45, 2.75) is 19.1 Å². The van der Waals surface area contributed by atoms with Crippen LogP contribution < -0.4 is 10.6 Å². The molecule has 2 heterocycles. The van der Waals surface area contributed by atoms with E-state index < -0.39 is 0 Å². The van der Waals surface area contributed by atoms with Gasteiger partial charge in [-0.05, 0) is 17.9 Å². The molecule has 2 aromatic rings. The van der Waals surface area contributed by atoms with Crippen molar-refractivity contribution in [2.24, 2.45) is 5.73 Å². The molecule has 0 bridgehead atoms. The van der Waals surface area contributed by atoms with Gasteiger partial charge in [-0.2, -0.15) is 0 Å². The highest BCUT2D eigenvalue weighted by Gasteiger charge is 2.24. The Morgan fingerprint density at radius 2 is 2.26 bits per heavy atom. The number of aromatic nitrogens is 1. The summed E-state index contributed by atoms with van der Waals surface area (Å²) in [5.74, 6) is 1.04. The smallest absolute Gasteiger partial charge is 0.136 e. The molecule has 2 N–H and O–H groups in total. The Kier molecular flexibility index (Phi) is 3.36. The molecule has 0 spiro atoms. The molecular weight excluding hydrogens is 238 g/mol. The van der Waals surface area contributed by atoms with Crippen LogP contribution in [0.25, 0.3) is 10.8 Å². The number of benzene rings is 1. The summed E-state index contributed by atoms with van der Waals surface area (Å²) < 4.78 is 5.44. The van der Waals surface area contributed by atoms with Gasteiger partial charge in [0.1, 0.15) is 5.82 Å². The molecule has 1 aromatic heterocycles. The SMILES string of the molecule is COC1CCN(c2nc(CN)cc3ccccc23)C1. The van der Waals surface area contributed by atoms with Crippen molar-refractivity contribution >= 4 is 16.6 Å². The molecular formula is C15H19N3O. The van der Waals surface area contributed by atoms with Gasteiger partial charge in [0, 0.05) is 32.1 Å². The number of ether oxygens (including phenoxy) is 1. The van der Waals surface area contributed by atoms with Crippen LogP contribution in [0.2, 0.25) is 0 Å². The fourth-order valence-corrected chi connectivity index (χ4v) is 2.69. The summed E-state index contributed by atoms with van der Waals surface area (Å²) in [5.41, 5.74) is 6.70. The molecule has 4 nitrogen and oxygen atoms in total. The van der Waals surface area contributed by atoms with Gasteiger partial charge < -0.3 is 15.4 Å². The van der Waals surface area contributed by atoms with Crippen LogP contribution in [0, 0.1) is 0 Å². The molecule has 4 heteroatoms. The normalized spacial score (nSPS) is 19.3. The molecule has 1 atom stereocenters. The van der Waals surface area contributed by atoms with Crippen LogP contribution in [0.4, 0.5) is 5.82 Å². The lowest BCUT2D eigenvalue weighted by atomic mass is 10.1. The van der Waals surface area contributed by atoms with Crippen molar-refractivity contribution in [1.82, 2.24) is 4.98 Å². The van der Waals surface area contributed by atoms with Gasteiger partial charge in [-0.1, -0.05) is 24.3 Å². The number of methoxy groups -OCH3 is 1. The Bertz CT molecular complexity index is 585. The van der Waals surface area contributed by atoms with Gasteiger partial charge in [-0.25, -0.2) is 4.98 Å². The van der Waals surface area contributed by atoms with Gasteiger partial charge in [0.2, 0.25) is 0 Å². The number of pyridine rings is 1. The van der Waals surface area contributed by atoms with Gasteiger partial charge >= 0.3 is 0 Å². The average molecular weight is 257 g/mol. The predicted octanol–water partition coefficient (Wildman–Crippen LogP) is 1.92. The van der Waals surface area contributed by atoms with Gasteiger partial charge in [-0.15, -0.1) is 0 Å². The molecule has 1 aliphatic heterocycles. The summed E-state index contributed by atoms with van der Waals surface area (Å²) >= 11 is 0. The first-order chi connectivity index (χ1) is 9.31. The zero-order valence-corrected chi connectivity index (χ0v) is 11.2. The van der Waals surface area contributed by atoms with Crippen LogP contribution >= 0.6 is 0 Å². The van der Waals surface area contributed by atoms with E-state index in [2.05, 4.69) is 29.2 Å². The summed E-state index contributed by atoms with van der Waals surface area (Å²) in [4.78, 5) is 7.02. The minimum Gasteiger partial charge on any atom is -0.380 e. The Morgan fingerprint density at radius 3 is 3.00 bits per heavy atom. The molecule has 1 unspecified atom stereocenters. The predicted molar refractivity (Wildman–Crippen MR) is 77.3 cm³/mol. The van der Waals surface area contributed by atoms with E-state index in [0.29, 0.717) is 12.6 Å². The highest BCUT2D eigenvalue weighted by molar-refractivity contribution is 5.92. The minimum absolute atomic E-state index is 0.307. The topological polar surface area (TPSA) is 51.4 Å². The van der Waals surface area contributed by atoms with E-state index in [4.69, 9.17) is 15.5 Å². The maximum Gasteiger partial charge on any atom is 0.136 e. The Balaban J connectivity index is 2.06. The quantitative estimate of drug-likeness (QED) is 0.912. The van der Waals surface area contributed by atoms with Crippen LogP contribution in [-0.4, -0.2) is 31.3 Å².